The number of hydrogen-bond acceptors (Lipinski definition) is 4. The molecule has 1 aliphatic rings. The quantitative estimate of drug-likeness (QED) is 0.658. The lowest BCUT2D eigenvalue weighted by atomic mass is 9.84. The van der Waals surface area contributed by atoms with Crippen LogP contribution in [0, 0.1) is 0 Å². The lowest BCUT2D eigenvalue weighted by Crippen LogP contribution is -2.63. The summed E-state index contributed by atoms with van der Waals surface area (Å²) in [6.07, 6.45) is 2.20. The van der Waals surface area contributed by atoms with E-state index in [9.17, 15) is 4.79 Å². The number of nitrogens with zero attached hydrogens (tertiary/aromatic N) is 1. The minimum Gasteiger partial charge on any atom is -0.450 e. The Morgan fingerprint density at radius 1 is 1.27 bits per heavy atom. The number of benzene rings is 1. The Labute approximate surface area is 133 Å². The average molecular weight is 304 g/mol. The summed E-state index contributed by atoms with van der Waals surface area (Å²) in [6.45, 7) is 10.6. The van der Waals surface area contributed by atoms with E-state index in [1.807, 2.05) is 19.9 Å². The van der Waals surface area contributed by atoms with Crippen molar-refractivity contribution in [1.29, 1.82) is 0 Å². The van der Waals surface area contributed by atoms with Crippen molar-refractivity contribution >= 4 is 6.47 Å². The molecule has 1 fully saturated rings. The molecule has 0 spiro atoms. The first-order valence-electron chi connectivity index (χ1n) is 7.98. The van der Waals surface area contributed by atoms with Gasteiger partial charge in [0.2, 0.25) is 0 Å². The molecule has 2 rings (SSSR count). The minimum atomic E-state index is -0.520. The molecule has 1 aromatic rings. The summed E-state index contributed by atoms with van der Waals surface area (Å²) < 4.78 is 11.3. The van der Waals surface area contributed by atoms with Gasteiger partial charge in [-0.05, 0) is 25.8 Å². The Kier molecular flexibility index (Phi) is 5.59. The molecule has 1 saturated heterocycles. The van der Waals surface area contributed by atoms with Gasteiger partial charge in [-0.25, -0.2) is 4.79 Å². The second kappa shape index (κ2) is 7.25. The number of unbranched alkanes of at least 4 members (excludes halogenated alkanes) is 1. The van der Waals surface area contributed by atoms with E-state index in [4.69, 9.17) is 9.47 Å². The van der Waals surface area contributed by atoms with Gasteiger partial charge in [0.25, 0.3) is 0 Å². The van der Waals surface area contributed by atoms with Crippen molar-refractivity contribution in [2.45, 2.75) is 44.8 Å². The predicted octanol–water partition coefficient (Wildman–Crippen LogP) is 2.88. The Morgan fingerprint density at radius 2 is 1.95 bits per heavy atom. The number of carbonyl (C=O) groups excluding carboxylic acids is 1. The predicted molar refractivity (Wildman–Crippen MR) is 86.3 cm³/mol. The first-order valence-corrected chi connectivity index (χ1v) is 7.98. The fourth-order valence-electron chi connectivity index (χ4n) is 2.98. The summed E-state index contributed by atoms with van der Waals surface area (Å²) >= 11 is 0. The van der Waals surface area contributed by atoms with Gasteiger partial charge in [0.15, 0.2) is 0 Å². The lowest BCUT2D eigenvalue weighted by Gasteiger charge is -2.51. The van der Waals surface area contributed by atoms with E-state index in [1.165, 1.54) is 5.56 Å². The zero-order valence-electron chi connectivity index (χ0n) is 13.8. The number of likely N-dealkylation sites (tertiary alicyclic amines) is 1. The molecule has 0 aliphatic carbocycles. The summed E-state index contributed by atoms with van der Waals surface area (Å²) in [5, 5.41) is 0. The maximum absolute atomic E-state index is 10.4. The molecule has 0 saturated carbocycles. The third kappa shape index (κ3) is 4.08. The molecule has 0 atom stereocenters. The van der Waals surface area contributed by atoms with E-state index >= 15 is 0 Å². The summed E-state index contributed by atoms with van der Waals surface area (Å²) in [5.74, 6) is 0. The van der Waals surface area contributed by atoms with E-state index in [0.717, 1.165) is 32.5 Å². The molecule has 1 radical (unpaired) electrons. The molecular formula is C18H26NO3. The number of rotatable bonds is 9. The normalized spacial score (nSPS) is 17.8. The molecule has 0 amide bonds. The summed E-state index contributed by atoms with van der Waals surface area (Å²) in [7, 11) is 0. The zero-order valence-corrected chi connectivity index (χ0v) is 13.8. The summed E-state index contributed by atoms with van der Waals surface area (Å²) in [5.41, 5.74) is 0.480. The highest BCUT2D eigenvalue weighted by atomic mass is 16.5. The van der Waals surface area contributed by atoms with Gasteiger partial charge in [-0.1, -0.05) is 43.7 Å². The maximum Gasteiger partial charge on any atom is 0.418 e. The third-order valence-electron chi connectivity index (χ3n) is 4.06. The molecule has 1 aliphatic heterocycles. The van der Waals surface area contributed by atoms with Gasteiger partial charge in [-0.15, -0.1) is 0 Å². The van der Waals surface area contributed by atoms with Crippen LogP contribution in [0.4, 0.5) is 0 Å². The molecule has 4 heteroatoms. The second-order valence-corrected chi connectivity index (χ2v) is 6.65. The standard InChI is InChI=1S/C18H26NO3/c1-4-5-11-21-18(16-9-7-6-8-10-16)13-19(14-18)12-17(2,3)22-15-20/h6-10H,4-5,11-14H2,1-3H3. The Balaban J connectivity index is 2.00. The first kappa shape index (κ1) is 17.0. The number of ether oxygens (including phenoxy) is 2. The van der Waals surface area contributed by atoms with E-state index in [2.05, 4.69) is 36.1 Å². The lowest BCUT2D eigenvalue weighted by molar-refractivity contribution is -0.163. The van der Waals surface area contributed by atoms with Gasteiger partial charge in [0.05, 0.1) is 0 Å². The van der Waals surface area contributed by atoms with Gasteiger partial charge in [-0.3, -0.25) is 4.90 Å². The molecule has 0 N–H and O–H groups in total. The van der Waals surface area contributed by atoms with Crippen molar-refractivity contribution in [3.8, 4) is 0 Å². The van der Waals surface area contributed by atoms with Crippen molar-refractivity contribution in [1.82, 2.24) is 4.90 Å². The van der Waals surface area contributed by atoms with E-state index in [0.29, 0.717) is 6.54 Å². The monoisotopic (exact) mass is 304 g/mol. The molecular weight excluding hydrogens is 278 g/mol. The minimum absolute atomic E-state index is 0.225. The van der Waals surface area contributed by atoms with Gasteiger partial charge in [0, 0.05) is 26.2 Å². The SMILES string of the molecule is CCCCOC1(c2ccccc2)CN(CC(C)(C)O[C]=O)C1. The van der Waals surface area contributed by atoms with Crippen molar-refractivity contribution in [2.75, 3.05) is 26.2 Å². The molecule has 4 nitrogen and oxygen atoms in total. The summed E-state index contributed by atoms with van der Waals surface area (Å²) in [6, 6.07) is 10.4. The van der Waals surface area contributed by atoms with E-state index in [1.54, 1.807) is 6.47 Å². The van der Waals surface area contributed by atoms with Gasteiger partial charge < -0.3 is 9.47 Å². The Hall–Kier alpha value is -1.39. The molecule has 1 aromatic carbocycles. The van der Waals surface area contributed by atoms with Crippen LogP contribution < -0.4 is 0 Å². The molecule has 0 unspecified atom stereocenters. The second-order valence-electron chi connectivity index (χ2n) is 6.65. The molecule has 0 bridgehead atoms. The van der Waals surface area contributed by atoms with Crippen LogP contribution >= 0.6 is 0 Å². The number of hydrogen-bond donors (Lipinski definition) is 0. The van der Waals surface area contributed by atoms with Crippen LogP contribution in [0.3, 0.4) is 0 Å². The summed E-state index contributed by atoms with van der Waals surface area (Å²) in [4.78, 5) is 12.7. The largest absolute Gasteiger partial charge is 0.450 e. The van der Waals surface area contributed by atoms with E-state index in [-0.39, 0.29) is 5.60 Å². The zero-order chi connectivity index (χ0) is 16.1. The first-order chi connectivity index (χ1) is 10.5. The molecule has 0 aromatic heterocycles. The van der Waals surface area contributed by atoms with Crippen molar-refractivity contribution in [2.24, 2.45) is 0 Å². The smallest absolute Gasteiger partial charge is 0.418 e. The fraction of sp³-hybridized carbons (Fsp3) is 0.611. The van der Waals surface area contributed by atoms with Gasteiger partial charge in [0.1, 0.15) is 11.2 Å². The highest BCUT2D eigenvalue weighted by Crippen LogP contribution is 2.37. The van der Waals surface area contributed by atoms with Crippen LogP contribution in [0.2, 0.25) is 0 Å². The highest BCUT2D eigenvalue weighted by molar-refractivity contribution is 5.39. The van der Waals surface area contributed by atoms with Gasteiger partial charge in [-0.2, -0.15) is 0 Å². The van der Waals surface area contributed by atoms with Crippen LogP contribution in [0.15, 0.2) is 30.3 Å². The third-order valence-corrected chi connectivity index (χ3v) is 4.06. The van der Waals surface area contributed by atoms with Gasteiger partial charge >= 0.3 is 6.47 Å². The highest BCUT2D eigenvalue weighted by Gasteiger charge is 2.46. The molecule has 22 heavy (non-hydrogen) atoms. The van der Waals surface area contributed by atoms with Crippen molar-refractivity contribution in [3.05, 3.63) is 35.9 Å². The molecule has 121 valence electrons. The average Bonchev–Trinajstić information content (AvgIpc) is 2.45. The maximum atomic E-state index is 10.4. The van der Waals surface area contributed by atoms with Crippen molar-refractivity contribution in [3.63, 3.8) is 0 Å². The molecule has 1 heterocycles. The van der Waals surface area contributed by atoms with Crippen LogP contribution in [0.5, 0.6) is 0 Å². The van der Waals surface area contributed by atoms with Crippen LogP contribution in [-0.2, 0) is 19.9 Å². The fourth-order valence-corrected chi connectivity index (χ4v) is 2.98. The Bertz CT molecular complexity index is 466. The Morgan fingerprint density at radius 3 is 2.55 bits per heavy atom. The topological polar surface area (TPSA) is 38.8 Å². The van der Waals surface area contributed by atoms with Crippen molar-refractivity contribution < 1.29 is 14.3 Å². The van der Waals surface area contributed by atoms with E-state index < -0.39 is 5.60 Å². The van der Waals surface area contributed by atoms with Crippen LogP contribution in [0.25, 0.3) is 0 Å². The van der Waals surface area contributed by atoms with Crippen LogP contribution in [-0.4, -0.2) is 43.2 Å². The van der Waals surface area contributed by atoms with Crippen LogP contribution in [0.1, 0.15) is 39.2 Å².